The van der Waals surface area contributed by atoms with Crippen LogP contribution in [0.25, 0.3) is 23.0 Å². The predicted octanol–water partition coefficient (Wildman–Crippen LogP) is 4.52. The van der Waals surface area contributed by atoms with Crippen molar-refractivity contribution in [3.05, 3.63) is 75.1 Å². The van der Waals surface area contributed by atoms with Crippen LogP contribution in [0.5, 0.6) is 11.5 Å². The minimum atomic E-state index is -0.816. The topological polar surface area (TPSA) is 119 Å². The maximum Gasteiger partial charge on any atom is 0.347 e. The first-order chi connectivity index (χ1) is 18.4. The summed E-state index contributed by atoms with van der Waals surface area (Å²) in [6.07, 6.45) is 4.85. The highest BCUT2D eigenvalue weighted by Gasteiger charge is 2.32. The molecule has 3 aromatic heterocycles. The molecule has 0 N–H and O–H groups in total. The van der Waals surface area contributed by atoms with Crippen LogP contribution in [0.15, 0.2) is 39.7 Å². The van der Waals surface area contributed by atoms with Gasteiger partial charge in [0.2, 0.25) is 11.6 Å². The molecular weight excluding hydrogens is 495 g/mol. The minimum absolute atomic E-state index is 0.0387. The number of unbranched alkanes of at least 4 members (excludes halogenated alkanes) is 1. The lowest BCUT2D eigenvalue weighted by atomic mass is 10.0. The van der Waals surface area contributed by atoms with Crippen LogP contribution in [0.4, 0.5) is 4.39 Å². The number of benzene rings is 1. The molecule has 0 saturated carbocycles. The molecular formula is C27H25FN4O6. The number of rotatable bonds is 9. The average molecular weight is 521 g/mol. The predicted molar refractivity (Wildman–Crippen MR) is 135 cm³/mol. The Bertz CT molecular complexity index is 1610. The Morgan fingerprint density at radius 3 is 2.63 bits per heavy atom. The summed E-state index contributed by atoms with van der Waals surface area (Å²) in [5, 5.41) is 7.86. The standard InChI is InChI=1S/C27H25FN4O6/c1-4-6-11-36-24-20(27(34)35-5-2)26(33)32-14-19(25-31-30-15(3)37-25)38-23-17(13-29-21(24)22(23)32)12-16-7-9-18(28)10-8-16/h7-10,13-14H,4-6,11-12H2,1-3H3. The maximum atomic E-state index is 13.8. The van der Waals surface area contributed by atoms with Crippen LogP contribution < -0.4 is 15.0 Å². The van der Waals surface area contributed by atoms with E-state index in [1.54, 1.807) is 32.2 Å². The van der Waals surface area contributed by atoms with Gasteiger partial charge in [-0.05, 0) is 31.0 Å². The molecule has 196 valence electrons. The van der Waals surface area contributed by atoms with Crippen LogP contribution >= 0.6 is 0 Å². The lowest BCUT2D eigenvalue weighted by molar-refractivity contribution is 0.0519. The molecule has 1 aliphatic rings. The maximum absolute atomic E-state index is 13.8. The number of halogens is 1. The number of hydrogen-bond donors (Lipinski definition) is 0. The van der Waals surface area contributed by atoms with Crippen molar-refractivity contribution in [2.45, 2.75) is 40.0 Å². The van der Waals surface area contributed by atoms with Gasteiger partial charge in [0.25, 0.3) is 11.4 Å². The number of nitrogens with zero attached hydrogens (tertiary/aromatic N) is 4. The van der Waals surface area contributed by atoms with Gasteiger partial charge in [-0.15, -0.1) is 10.2 Å². The SMILES string of the molecule is CCCCOc1c(C(=O)OCC)c(=O)n2c3c(c(Cc4ccc(F)cc4)cnc13)OC(c1nnc(C)o1)=C2. The van der Waals surface area contributed by atoms with Crippen LogP contribution in [0.1, 0.15) is 60.0 Å². The summed E-state index contributed by atoms with van der Waals surface area (Å²) in [5.74, 6) is -0.350. The van der Waals surface area contributed by atoms with Crippen molar-refractivity contribution < 1.29 is 27.8 Å². The number of aromatic nitrogens is 4. The van der Waals surface area contributed by atoms with Gasteiger partial charge in [-0.25, -0.2) is 9.18 Å². The molecule has 0 spiro atoms. The molecule has 0 unspecified atom stereocenters. The molecule has 1 aromatic carbocycles. The van der Waals surface area contributed by atoms with E-state index in [9.17, 15) is 14.0 Å². The zero-order valence-corrected chi connectivity index (χ0v) is 21.1. The lowest BCUT2D eigenvalue weighted by Crippen LogP contribution is -2.29. The zero-order valence-electron chi connectivity index (χ0n) is 21.1. The Hall–Kier alpha value is -4.54. The summed E-state index contributed by atoms with van der Waals surface area (Å²) >= 11 is 0. The molecule has 1 aliphatic heterocycles. The van der Waals surface area contributed by atoms with Gasteiger partial charge in [-0.2, -0.15) is 0 Å². The van der Waals surface area contributed by atoms with Gasteiger partial charge >= 0.3 is 5.97 Å². The van der Waals surface area contributed by atoms with Gasteiger partial charge in [0.15, 0.2) is 17.1 Å². The summed E-state index contributed by atoms with van der Waals surface area (Å²) in [4.78, 5) is 31.4. The number of hydrogen-bond acceptors (Lipinski definition) is 9. The van der Waals surface area contributed by atoms with Crippen LogP contribution in [-0.4, -0.2) is 38.9 Å². The van der Waals surface area contributed by atoms with Gasteiger partial charge in [-0.1, -0.05) is 25.5 Å². The van der Waals surface area contributed by atoms with Gasteiger partial charge in [0, 0.05) is 25.1 Å². The highest BCUT2D eigenvalue weighted by atomic mass is 19.1. The quantitative estimate of drug-likeness (QED) is 0.232. The molecule has 0 bridgehead atoms. The van der Waals surface area contributed by atoms with E-state index in [0.717, 1.165) is 12.0 Å². The van der Waals surface area contributed by atoms with Crippen molar-refractivity contribution >= 4 is 29.0 Å². The fourth-order valence-corrected chi connectivity index (χ4v) is 4.13. The molecule has 5 rings (SSSR count). The largest absolute Gasteiger partial charge is 0.490 e. The second-order valence-corrected chi connectivity index (χ2v) is 8.64. The van der Waals surface area contributed by atoms with Crippen LogP contribution in [0.3, 0.4) is 0 Å². The Morgan fingerprint density at radius 1 is 1.16 bits per heavy atom. The van der Waals surface area contributed by atoms with E-state index in [1.807, 2.05) is 6.92 Å². The van der Waals surface area contributed by atoms with Crippen molar-refractivity contribution in [2.24, 2.45) is 0 Å². The number of pyridine rings is 2. The van der Waals surface area contributed by atoms with E-state index in [-0.39, 0.29) is 47.5 Å². The number of ether oxygens (including phenoxy) is 3. The molecule has 4 heterocycles. The second kappa shape index (κ2) is 10.4. The summed E-state index contributed by atoms with van der Waals surface area (Å²) in [6, 6.07) is 6.04. The van der Waals surface area contributed by atoms with Crippen molar-refractivity contribution in [1.29, 1.82) is 0 Å². The van der Waals surface area contributed by atoms with Gasteiger partial charge in [0.05, 0.1) is 19.4 Å². The smallest absolute Gasteiger partial charge is 0.347 e. The molecule has 0 saturated heterocycles. The van der Waals surface area contributed by atoms with Crippen LogP contribution in [-0.2, 0) is 11.2 Å². The molecule has 38 heavy (non-hydrogen) atoms. The van der Waals surface area contributed by atoms with Crippen molar-refractivity contribution in [1.82, 2.24) is 19.7 Å². The molecule has 11 heteroatoms. The molecule has 10 nitrogen and oxygen atoms in total. The number of carbonyl (C=O) groups is 1. The molecule has 0 fully saturated rings. The minimum Gasteiger partial charge on any atom is -0.490 e. The summed E-state index contributed by atoms with van der Waals surface area (Å²) in [7, 11) is 0. The van der Waals surface area contributed by atoms with Crippen LogP contribution in [0, 0.1) is 12.7 Å². The fourth-order valence-electron chi connectivity index (χ4n) is 4.13. The van der Waals surface area contributed by atoms with Gasteiger partial charge in [0.1, 0.15) is 16.9 Å². The van der Waals surface area contributed by atoms with E-state index in [2.05, 4.69) is 15.2 Å². The lowest BCUT2D eigenvalue weighted by Gasteiger charge is -2.23. The normalized spacial score (nSPS) is 12.3. The third-order valence-electron chi connectivity index (χ3n) is 5.92. The highest BCUT2D eigenvalue weighted by molar-refractivity contribution is 6.02. The van der Waals surface area contributed by atoms with E-state index in [1.165, 1.54) is 22.9 Å². The van der Waals surface area contributed by atoms with E-state index < -0.39 is 11.5 Å². The molecule has 0 amide bonds. The third-order valence-corrected chi connectivity index (χ3v) is 5.92. The Kier molecular flexibility index (Phi) is 6.91. The van der Waals surface area contributed by atoms with E-state index in [0.29, 0.717) is 35.6 Å². The van der Waals surface area contributed by atoms with Crippen molar-refractivity contribution in [3.63, 3.8) is 0 Å². The molecule has 0 radical (unpaired) electrons. The summed E-state index contributed by atoms with van der Waals surface area (Å²) in [6.45, 7) is 5.63. The van der Waals surface area contributed by atoms with E-state index in [4.69, 9.17) is 18.6 Å². The summed E-state index contributed by atoms with van der Waals surface area (Å²) in [5.41, 5.74) is 1.06. The Morgan fingerprint density at radius 2 is 1.95 bits per heavy atom. The third kappa shape index (κ3) is 4.62. The fraction of sp³-hybridized carbons (Fsp3) is 0.296. The average Bonchev–Trinajstić information content (AvgIpc) is 3.35. The van der Waals surface area contributed by atoms with Crippen molar-refractivity contribution in [3.8, 4) is 11.5 Å². The Balaban J connectivity index is 1.77. The number of aryl methyl sites for hydroxylation is 1. The molecule has 0 atom stereocenters. The Labute approximate surface area is 216 Å². The van der Waals surface area contributed by atoms with Crippen molar-refractivity contribution in [2.75, 3.05) is 13.2 Å². The first-order valence-electron chi connectivity index (χ1n) is 12.3. The number of carbonyl (C=O) groups excluding carboxylic acids is 1. The first-order valence-corrected chi connectivity index (χ1v) is 12.3. The van der Waals surface area contributed by atoms with E-state index >= 15 is 0 Å². The number of esters is 1. The monoisotopic (exact) mass is 520 g/mol. The van der Waals surface area contributed by atoms with Gasteiger partial charge < -0.3 is 18.6 Å². The van der Waals surface area contributed by atoms with Gasteiger partial charge in [-0.3, -0.25) is 14.3 Å². The summed E-state index contributed by atoms with van der Waals surface area (Å²) < 4.78 is 37.7. The second-order valence-electron chi connectivity index (χ2n) is 8.64. The highest BCUT2D eigenvalue weighted by Crippen LogP contribution is 2.40. The first kappa shape index (κ1) is 25.1. The molecule has 4 aromatic rings. The molecule has 0 aliphatic carbocycles. The zero-order chi connectivity index (χ0) is 26.8. The van der Waals surface area contributed by atoms with Crippen LogP contribution in [0.2, 0.25) is 0 Å².